The van der Waals surface area contributed by atoms with E-state index in [-0.39, 0.29) is 5.41 Å². The molecule has 1 aromatic heterocycles. The van der Waals surface area contributed by atoms with Crippen molar-refractivity contribution in [2.75, 3.05) is 0 Å². The zero-order chi connectivity index (χ0) is 50.0. The van der Waals surface area contributed by atoms with Crippen molar-refractivity contribution in [2.24, 2.45) is 0 Å². The molecule has 0 fully saturated rings. The third kappa shape index (κ3) is 5.57. The maximum absolute atomic E-state index is 5.23. The van der Waals surface area contributed by atoms with Crippen molar-refractivity contribution >= 4 is 54.1 Å². The molecule has 0 aliphatic heterocycles. The lowest BCUT2D eigenvalue weighted by atomic mass is 9.78. The summed E-state index contributed by atoms with van der Waals surface area (Å²) in [5, 5.41) is 10.3. The molecule has 0 unspecified atom stereocenters. The van der Waals surface area contributed by atoms with Gasteiger partial charge in [-0.2, -0.15) is 0 Å². The van der Waals surface area contributed by atoms with E-state index in [0.29, 0.717) is 0 Å². The van der Waals surface area contributed by atoms with Crippen LogP contribution in [0.1, 0.15) is 25.0 Å². The van der Waals surface area contributed by atoms with Crippen LogP contribution in [0.5, 0.6) is 0 Å². The van der Waals surface area contributed by atoms with E-state index in [9.17, 15) is 0 Å². The largest absolute Gasteiger partial charge is 0.292 e. The summed E-state index contributed by atoms with van der Waals surface area (Å²) in [5.74, 6) is 0.927. The summed E-state index contributed by atoms with van der Waals surface area (Å²) in [6.07, 6.45) is 0. The lowest BCUT2D eigenvalue weighted by Gasteiger charge is -2.25. The van der Waals surface area contributed by atoms with Crippen LogP contribution < -0.4 is 0 Å². The number of aromatic nitrogens is 2. The Bertz CT molecular complexity index is 4820. The summed E-state index contributed by atoms with van der Waals surface area (Å²) in [4.78, 5) is 5.23. The second kappa shape index (κ2) is 15.2. The topological polar surface area (TPSA) is 17.8 Å². The van der Waals surface area contributed by atoms with E-state index in [1.54, 1.807) is 0 Å². The molecule has 0 N–H and O–H groups in total. The predicted octanol–water partition coefficient (Wildman–Crippen LogP) is 19.9. The van der Waals surface area contributed by atoms with Gasteiger partial charge in [-0.3, -0.25) is 4.57 Å². The van der Waals surface area contributed by atoms with Gasteiger partial charge < -0.3 is 0 Å². The first kappa shape index (κ1) is 41.8. The SMILES string of the molecule is CC1(C)c2ccccc2-c2cc3c(-c4ccc5c6c(cccc46)-c4ccccc4-5)c4ccc(-c5ccc(-c6nc7ccccc7n6-c6ccccc6)cc5)cc4c(-c4ccc5c6c(cccc46)-c4ccccc4-5)c3cc21. The van der Waals surface area contributed by atoms with Crippen LogP contribution in [0, 0.1) is 0 Å². The summed E-state index contributed by atoms with van der Waals surface area (Å²) in [5.41, 5.74) is 27.3. The number of rotatable bonds is 5. The summed E-state index contributed by atoms with van der Waals surface area (Å²) < 4.78 is 2.28. The summed E-state index contributed by atoms with van der Waals surface area (Å²) >= 11 is 0. The minimum atomic E-state index is -0.200. The van der Waals surface area contributed by atoms with Crippen LogP contribution in [-0.2, 0) is 5.41 Å². The predicted molar refractivity (Wildman–Crippen MR) is 319 cm³/mol. The normalized spacial score (nSPS) is 13.2. The maximum atomic E-state index is 5.23. The standard InChI is InChI=1S/C74H46N2/c1-74(2)65-27-11-10-22-51(65)61-41-63-64(42-66(61)74)72(59-39-37-57-50-21-9-7-19-48(50)53-24-15-26-55(59)70(53)57)62-40-45(43-30-32-44(33-31-43)73-75-67-28-12-13-29-68(67)76(73)46-16-4-3-5-17-46)34-35-60(62)71(63)58-38-36-56-49-20-8-6-18-47(49)52-23-14-25-54(58)69(52)56/h3-42H,1-2H3. The van der Waals surface area contributed by atoms with Crippen molar-refractivity contribution in [2.45, 2.75) is 19.3 Å². The van der Waals surface area contributed by atoms with Gasteiger partial charge in [0, 0.05) is 16.7 Å². The molecule has 2 nitrogen and oxygen atoms in total. The van der Waals surface area contributed by atoms with Gasteiger partial charge in [0.05, 0.1) is 11.0 Å². The average molecular weight is 963 g/mol. The van der Waals surface area contributed by atoms with Crippen LogP contribution in [0.2, 0.25) is 0 Å². The number of fused-ring (bicyclic) bond motifs is 12. The van der Waals surface area contributed by atoms with Crippen molar-refractivity contribution in [3.8, 4) is 106 Å². The Morgan fingerprint density at radius 3 is 1.45 bits per heavy atom. The molecule has 3 aliphatic carbocycles. The van der Waals surface area contributed by atoms with Gasteiger partial charge in [0.2, 0.25) is 0 Å². The van der Waals surface area contributed by atoms with E-state index in [1.807, 2.05) is 0 Å². The number of para-hydroxylation sites is 3. The average Bonchev–Trinajstić information content (AvgIpc) is 4.20. The molecular formula is C74H46N2. The lowest BCUT2D eigenvalue weighted by molar-refractivity contribution is 0.661. The van der Waals surface area contributed by atoms with E-state index in [1.165, 1.54) is 138 Å². The number of hydrogen-bond donors (Lipinski definition) is 0. The van der Waals surface area contributed by atoms with Gasteiger partial charge in [0.15, 0.2) is 0 Å². The molecule has 0 atom stereocenters. The van der Waals surface area contributed by atoms with E-state index >= 15 is 0 Å². The minimum Gasteiger partial charge on any atom is -0.292 e. The number of hydrogen-bond acceptors (Lipinski definition) is 1. The highest BCUT2D eigenvalue weighted by Crippen LogP contribution is 2.57. The molecule has 0 amide bonds. The van der Waals surface area contributed by atoms with Crippen molar-refractivity contribution in [3.63, 3.8) is 0 Å². The maximum Gasteiger partial charge on any atom is 0.145 e. The fourth-order valence-corrected chi connectivity index (χ4v) is 14.1. The smallest absolute Gasteiger partial charge is 0.145 e. The Labute approximate surface area is 440 Å². The highest BCUT2D eigenvalue weighted by molar-refractivity contribution is 6.30. The minimum absolute atomic E-state index is 0.200. The van der Waals surface area contributed by atoms with Crippen LogP contribution in [0.25, 0.3) is 160 Å². The Balaban J connectivity index is 0.972. The Morgan fingerprint density at radius 2 is 0.789 bits per heavy atom. The third-order valence-electron chi connectivity index (χ3n) is 17.5. The highest BCUT2D eigenvalue weighted by Gasteiger charge is 2.37. The number of benzene rings is 13. The summed E-state index contributed by atoms with van der Waals surface area (Å²) in [6.45, 7) is 4.83. The zero-order valence-electron chi connectivity index (χ0n) is 42.0. The number of nitrogens with zero attached hydrogens (tertiary/aromatic N) is 2. The Hall–Kier alpha value is -9.63. The van der Waals surface area contributed by atoms with E-state index in [0.717, 1.165) is 33.7 Å². The van der Waals surface area contributed by atoms with Crippen LogP contribution in [-0.4, -0.2) is 9.55 Å². The molecule has 0 bridgehead atoms. The van der Waals surface area contributed by atoms with Gasteiger partial charge in [0.25, 0.3) is 0 Å². The van der Waals surface area contributed by atoms with Gasteiger partial charge in [-0.1, -0.05) is 214 Å². The van der Waals surface area contributed by atoms with Gasteiger partial charge >= 0.3 is 0 Å². The van der Waals surface area contributed by atoms with Gasteiger partial charge in [0.1, 0.15) is 5.82 Å². The first-order valence-corrected chi connectivity index (χ1v) is 26.6. The molecule has 1 heterocycles. The molecule has 0 spiro atoms. The summed E-state index contributed by atoms with van der Waals surface area (Å²) in [6, 6.07) is 91.1. The fourth-order valence-electron chi connectivity index (χ4n) is 14.1. The molecule has 2 heteroatoms. The lowest BCUT2D eigenvalue weighted by Crippen LogP contribution is -2.14. The van der Waals surface area contributed by atoms with Crippen LogP contribution in [0.3, 0.4) is 0 Å². The first-order valence-electron chi connectivity index (χ1n) is 26.6. The molecule has 14 aromatic rings. The highest BCUT2D eigenvalue weighted by atomic mass is 15.1. The third-order valence-corrected chi connectivity index (χ3v) is 17.5. The molecule has 352 valence electrons. The monoisotopic (exact) mass is 962 g/mol. The second-order valence-electron chi connectivity index (χ2n) is 21.7. The van der Waals surface area contributed by atoms with Crippen LogP contribution in [0.4, 0.5) is 0 Å². The molecule has 13 aromatic carbocycles. The van der Waals surface area contributed by atoms with Gasteiger partial charge in [-0.15, -0.1) is 0 Å². The second-order valence-corrected chi connectivity index (χ2v) is 21.7. The van der Waals surface area contributed by atoms with Gasteiger partial charge in [-0.25, -0.2) is 4.98 Å². The molecular weight excluding hydrogens is 917 g/mol. The zero-order valence-corrected chi connectivity index (χ0v) is 42.0. The first-order chi connectivity index (χ1) is 37.5. The Kier molecular flexibility index (Phi) is 8.38. The molecule has 0 saturated carbocycles. The van der Waals surface area contributed by atoms with Gasteiger partial charge in [-0.05, 0) is 186 Å². The van der Waals surface area contributed by atoms with Crippen LogP contribution in [0.15, 0.2) is 243 Å². The number of imidazole rings is 1. The molecule has 0 saturated heterocycles. The van der Waals surface area contributed by atoms with E-state index in [4.69, 9.17) is 4.98 Å². The molecule has 76 heavy (non-hydrogen) atoms. The molecule has 17 rings (SSSR count). The quantitative estimate of drug-likeness (QED) is 0.157. The van der Waals surface area contributed by atoms with E-state index < -0.39 is 0 Å². The molecule has 3 aliphatic rings. The van der Waals surface area contributed by atoms with Crippen LogP contribution >= 0.6 is 0 Å². The molecule has 0 radical (unpaired) electrons. The van der Waals surface area contributed by atoms with Crippen molar-refractivity contribution < 1.29 is 0 Å². The van der Waals surface area contributed by atoms with E-state index in [2.05, 4.69) is 261 Å². The van der Waals surface area contributed by atoms with Crippen molar-refractivity contribution in [1.29, 1.82) is 0 Å². The Morgan fingerprint density at radius 1 is 0.303 bits per heavy atom. The van der Waals surface area contributed by atoms with Crippen molar-refractivity contribution in [1.82, 2.24) is 9.55 Å². The van der Waals surface area contributed by atoms with Crippen molar-refractivity contribution in [3.05, 3.63) is 254 Å². The summed E-state index contributed by atoms with van der Waals surface area (Å²) in [7, 11) is 0. The fraction of sp³-hybridized carbons (Fsp3) is 0.0405.